The fraction of sp³-hybridized carbons (Fsp3) is 0.500. The van der Waals surface area contributed by atoms with Crippen molar-refractivity contribution in [2.24, 2.45) is 11.8 Å². The molecule has 0 unspecified atom stereocenters. The van der Waals surface area contributed by atoms with E-state index in [9.17, 15) is 39.6 Å². The molecule has 0 fully saturated rings. The summed E-state index contributed by atoms with van der Waals surface area (Å²) < 4.78 is 0. The third kappa shape index (κ3) is 13.5. The minimum Gasteiger partial charge on any atom is -0.549 e. The summed E-state index contributed by atoms with van der Waals surface area (Å²) in [5.74, 6) is -9.52. The topological polar surface area (TPSA) is 161 Å². The van der Waals surface area contributed by atoms with E-state index in [4.69, 9.17) is 0 Å². The molecule has 0 aliphatic heterocycles. The quantitative estimate of drug-likeness (QED) is 0.363. The van der Waals surface area contributed by atoms with Crippen LogP contribution >= 0.6 is 0 Å². The van der Waals surface area contributed by atoms with Crippen LogP contribution in [0.3, 0.4) is 0 Å². The zero-order chi connectivity index (χ0) is 13.5. The fourth-order valence-electron chi connectivity index (χ4n) is 0.192. The van der Waals surface area contributed by atoms with E-state index in [0.717, 1.165) is 13.8 Å². The minimum atomic E-state index is -1.62. The molecule has 0 aliphatic rings. The van der Waals surface area contributed by atoms with Crippen LogP contribution < -0.4 is 20.4 Å². The van der Waals surface area contributed by atoms with Gasteiger partial charge >= 0.3 is 46.1 Å². The normalized spacial score (nSPS) is 8.22. The van der Waals surface area contributed by atoms with Crippen LogP contribution in [0.5, 0.6) is 0 Å². The van der Waals surface area contributed by atoms with E-state index in [0.29, 0.717) is 0 Å². The van der Waals surface area contributed by atoms with E-state index in [1.807, 2.05) is 0 Å². The predicted molar refractivity (Wildman–Crippen MR) is 49.9 cm³/mol. The van der Waals surface area contributed by atoms with Gasteiger partial charge in [-0.05, 0) is 0 Å². The molecule has 10 heteroatoms. The Morgan fingerprint density at radius 1 is 0.611 bits per heavy atom. The summed E-state index contributed by atoms with van der Waals surface area (Å²) in [5.41, 5.74) is 0. The van der Waals surface area contributed by atoms with E-state index in [1.165, 1.54) is 0 Å². The third-order valence-corrected chi connectivity index (χ3v) is 1.41. The molecule has 0 radical (unpaired) electrons. The fourth-order valence-corrected chi connectivity index (χ4v) is 0.192. The predicted octanol–water partition coefficient (Wildman–Crippen LogP) is -6.52. The molecule has 8 nitrogen and oxygen atoms in total. The Labute approximate surface area is 135 Å². The Morgan fingerprint density at radius 3 is 0.722 bits per heavy atom. The summed E-state index contributed by atoms with van der Waals surface area (Å²) in [7, 11) is 0. The summed E-state index contributed by atoms with van der Waals surface area (Å²) in [5, 5.41) is 38.4. The number of rotatable bonds is 4. The van der Waals surface area contributed by atoms with Crippen LogP contribution in [0.2, 0.25) is 0 Å². The van der Waals surface area contributed by atoms with Crippen LogP contribution in [0.4, 0.5) is 0 Å². The molecule has 18 heavy (non-hydrogen) atoms. The van der Waals surface area contributed by atoms with Crippen LogP contribution in [0.15, 0.2) is 0 Å². The standard InChI is InChI=1S/2C4H6O4.2Mg/c2*1-2(3(5)6)4(7)8;;/h2*2H,1H3,(H,5,6)(H,7,8);;/q;;2*+2/p-4. The molecule has 0 saturated carbocycles. The van der Waals surface area contributed by atoms with Crippen LogP contribution in [-0.2, 0) is 19.2 Å². The first-order chi connectivity index (χ1) is 7.11. The van der Waals surface area contributed by atoms with E-state index >= 15 is 0 Å². The summed E-state index contributed by atoms with van der Waals surface area (Å²) >= 11 is 0. The number of aliphatic carboxylic acids is 4. The molecule has 0 aliphatic carbocycles. The average molecular weight is 281 g/mol. The number of carbonyl (C=O) groups excluding carboxylic acids is 4. The van der Waals surface area contributed by atoms with Crippen LogP contribution in [-0.4, -0.2) is 70.0 Å². The monoisotopic (exact) mass is 280 g/mol. The van der Waals surface area contributed by atoms with Crippen molar-refractivity contribution in [1.82, 2.24) is 0 Å². The molecular weight excluding hydrogens is 273 g/mol. The Hall–Kier alpha value is -0.588. The summed E-state index contributed by atoms with van der Waals surface area (Å²) in [6.07, 6.45) is 0. The maximum absolute atomic E-state index is 9.61. The van der Waals surface area contributed by atoms with Gasteiger partial charge in [-0.1, -0.05) is 13.8 Å². The van der Waals surface area contributed by atoms with E-state index in [-0.39, 0.29) is 46.1 Å². The first kappa shape index (κ1) is 26.1. The van der Waals surface area contributed by atoms with Gasteiger partial charge in [-0.25, -0.2) is 0 Å². The van der Waals surface area contributed by atoms with Crippen LogP contribution in [0, 0.1) is 11.8 Å². The molecule has 0 atom stereocenters. The molecule has 0 saturated heterocycles. The SMILES string of the molecule is CC(C(=O)[O-])C(=O)[O-].CC(C(=O)[O-])C(=O)[O-].[Mg+2].[Mg+2]. The van der Waals surface area contributed by atoms with Gasteiger partial charge in [0.2, 0.25) is 0 Å². The first-order valence-corrected chi connectivity index (χ1v) is 3.94. The van der Waals surface area contributed by atoms with Gasteiger partial charge in [0, 0.05) is 35.7 Å². The van der Waals surface area contributed by atoms with Gasteiger partial charge in [-0.3, -0.25) is 0 Å². The molecular formula is C8H8Mg2O8. The van der Waals surface area contributed by atoms with Gasteiger partial charge in [0.1, 0.15) is 0 Å². The Morgan fingerprint density at radius 2 is 0.722 bits per heavy atom. The van der Waals surface area contributed by atoms with Gasteiger partial charge in [-0.2, -0.15) is 0 Å². The summed E-state index contributed by atoms with van der Waals surface area (Å²) in [4.78, 5) is 38.4. The van der Waals surface area contributed by atoms with Gasteiger partial charge < -0.3 is 39.6 Å². The van der Waals surface area contributed by atoms with E-state index in [1.54, 1.807) is 0 Å². The van der Waals surface area contributed by atoms with Crippen molar-refractivity contribution in [3.05, 3.63) is 0 Å². The van der Waals surface area contributed by atoms with Crippen LogP contribution in [0.25, 0.3) is 0 Å². The van der Waals surface area contributed by atoms with Crippen LogP contribution in [0.1, 0.15) is 13.8 Å². The second-order valence-corrected chi connectivity index (χ2v) is 2.72. The zero-order valence-corrected chi connectivity index (χ0v) is 12.7. The van der Waals surface area contributed by atoms with Gasteiger partial charge in [0.05, 0.1) is 0 Å². The number of hydrogen-bond donors (Lipinski definition) is 0. The average Bonchev–Trinajstić information content (AvgIpc) is 2.15. The second kappa shape index (κ2) is 12.9. The number of carboxylic acids is 4. The molecule has 0 aromatic carbocycles. The first-order valence-electron chi connectivity index (χ1n) is 3.94. The van der Waals surface area contributed by atoms with Gasteiger partial charge in [-0.15, -0.1) is 0 Å². The molecule has 0 amide bonds. The Bertz CT molecular complexity index is 245. The van der Waals surface area contributed by atoms with Crippen molar-refractivity contribution in [2.75, 3.05) is 0 Å². The largest absolute Gasteiger partial charge is 2.00 e. The molecule has 0 bridgehead atoms. The molecule has 0 aromatic heterocycles. The van der Waals surface area contributed by atoms with Crippen molar-refractivity contribution >= 4 is 70.0 Å². The number of carboxylic acid groups (broad SMARTS) is 4. The van der Waals surface area contributed by atoms with Crippen molar-refractivity contribution in [3.8, 4) is 0 Å². The minimum absolute atomic E-state index is 0. The van der Waals surface area contributed by atoms with Crippen molar-refractivity contribution in [2.45, 2.75) is 13.8 Å². The Balaban J connectivity index is -0.0000000980. The number of carbonyl (C=O) groups is 4. The number of hydrogen-bond acceptors (Lipinski definition) is 8. The van der Waals surface area contributed by atoms with Crippen molar-refractivity contribution in [3.63, 3.8) is 0 Å². The molecule has 92 valence electrons. The second-order valence-electron chi connectivity index (χ2n) is 2.72. The van der Waals surface area contributed by atoms with Gasteiger partial charge in [0.25, 0.3) is 0 Å². The maximum atomic E-state index is 9.61. The summed E-state index contributed by atoms with van der Waals surface area (Å²) in [6, 6.07) is 0. The smallest absolute Gasteiger partial charge is 0.549 e. The zero-order valence-electron chi connectivity index (χ0n) is 9.83. The van der Waals surface area contributed by atoms with E-state index in [2.05, 4.69) is 0 Å². The molecule has 0 N–H and O–H groups in total. The van der Waals surface area contributed by atoms with Crippen molar-refractivity contribution < 1.29 is 39.6 Å². The van der Waals surface area contributed by atoms with Gasteiger partial charge in [0.15, 0.2) is 0 Å². The summed E-state index contributed by atoms with van der Waals surface area (Å²) in [6.45, 7) is 1.98. The third-order valence-electron chi connectivity index (χ3n) is 1.41. The molecule has 0 aromatic rings. The molecule has 0 rings (SSSR count). The molecule has 0 spiro atoms. The van der Waals surface area contributed by atoms with E-state index < -0.39 is 35.7 Å². The maximum Gasteiger partial charge on any atom is 2.00 e. The van der Waals surface area contributed by atoms with Crippen molar-refractivity contribution in [1.29, 1.82) is 0 Å². The Kier molecular flexibility index (Phi) is 18.6. The molecule has 0 heterocycles.